The monoisotopic (exact) mass is 1360 g/mol. The maximum atomic E-state index is 13.0. The summed E-state index contributed by atoms with van der Waals surface area (Å²) < 4.78 is 22.9. The van der Waals surface area contributed by atoms with E-state index in [9.17, 15) is 19.5 Å². The number of rotatable bonds is 78. The van der Waals surface area contributed by atoms with E-state index >= 15 is 0 Å². The van der Waals surface area contributed by atoms with Gasteiger partial charge in [-0.1, -0.05) is 381 Å². The van der Waals surface area contributed by atoms with Gasteiger partial charge in [0, 0.05) is 12.8 Å². The van der Waals surface area contributed by atoms with Crippen molar-refractivity contribution >= 4 is 17.9 Å². The van der Waals surface area contributed by atoms with E-state index < -0.39 is 24.3 Å². The van der Waals surface area contributed by atoms with Crippen LogP contribution in [-0.2, 0) is 33.3 Å². The number of carbonyl (C=O) groups is 3. The van der Waals surface area contributed by atoms with Gasteiger partial charge in [0.25, 0.3) is 0 Å². The molecule has 97 heavy (non-hydrogen) atoms. The number of carboxylic acids is 1. The molecule has 0 spiro atoms. The summed E-state index contributed by atoms with van der Waals surface area (Å²) >= 11 is 0. The number of esters is 2. The number of unbranched alkanes of at least 4 members (excludes halogenated alkanes) is 49. The second kappa shape index (κ2) is 78.2. The van der Waals surface area contributed by atoms with E-state index in [1.807, 2.05) is 21.1 Å². The van der Waals surface area contributed by atoms with Crippen molar-refractivity contribution in [1.29, 1.82) is 0 Å². The van der Waals surface area contributed by atoms with Crippen LogP contribution in [0.25, 0.3) is 0 Å². The fraction of sp³-hybridized carbons (Fsp3) is 0.807. The Morgan fingerprint density at radius 2 is 0.588 bits per heavy atom. The first-order valence-electron chi connectivity index (χ1n) is 41.7. The maximum Gasteiger partial charge on any atom is 0.306 e. The van der Waals surface area contributed by atoms with Crippen molar-refractivity contribution in [2.45, 2.75) is 411 Å². The molecule has 0 N–H and O–H groups in total. The van der Waals surface area contributed by atoms with Gasteiger partial charge in [-0.15, -0.1) is 0 Å². The minimum atomic E-state index is -1.62. The van der Waals surface area contributed by atoms with Crippen molar-refractivity contribution in [3.05, 3.63) is 85.1 Å². The zero-order chi connectivity index (χ0) is 70.4. The molecular formula is C88H159NO8. The summed E-state index contributed by atoms with van der Waals surface area (Å²) in [4.78, 5) is 37.6. The molecule has 0 saturated carbocycles. The summed E-state index contributed by atoms with van der Waals surface area (Å²) in [5.41, 5.74) is 0. The Kier molecular flexibility index (Phi) is 75.3. The summed E-state index contributed by atoms with van der Waals surface area (Å²) in [5, 5.41) is 11.9. The van der Waals surface area contributed by atoms with Gasteiger partial charge in [0.1, 0.15) is 13.2 Å². The highest BCUT2D eigenvalue weighted by atomic mass is 16.7. The molecule has 0 aromatic rings. The Bertz CT molecular complexity index is 1870. The van der Waals surface area contributed by atoms with Crippen LogP contribution >= 0.6 is 0 Å². The molecule has 2 unspecified atom stereocenters. The number of allylic oxidation sites excluding steroid dienone is 14. The molecule has 0 aliphatic rings. The van der Waals surface area contributed by atoms with E-state index in [1.54, 1.807) is 0 Å². The van der Waals surface area contributed by atoms with Crippen molar-refractivity contribution in [2.75, 3.05) is 47.5 Å². The molecule has 564 valence electrons. The Labute approximate surface area is 601 Å². The SMILES string of the molecule is CC/C=C\C/C=C\C/C=C\C/C=C\C/C=C\CCCCCCCCCCCCCCCCCC(=O)OC(COC(=O)CCCCCCCCCCCCCCCCCCCCCCCCCCCCCCC/C=C\C/C=C\CCCCCCC)COC(OCC[N+](C)(C)C)C(=O)[O-]. The molecule has 2 atom stereocenters. The quantitative estimate of drug-likeness (QED) is 0.0195. The number of hydrogen-bond acceptors (Lipinski definition) is 8. The van der Waals surface area contributed by atoms with Gasteiger partial charge in [0.2, 0.25) is 0 Å². The van der Waals surface area contributed by atoms with Gasteiger partial charge >= 0.3 is 11.9 Å². The summed E-state index contributed by atoms with van der Waals surface area (Å²) in [6.45, 7) is 4.68. The molecule has 0 aromatic carbocycles. The van der Waals surface area contributed by atoms with E-state index in [2.05, 4.69) is 98.9 Å². The summed E-state index contributed by atoms with van der Waals surface area (Å²) in [6, 6.07) is 0. The Morgan fingerprint density at radius 1 is 0.320 bits per heavy atom. The van der Waals surface area contributed by atoms with Crippen molar-refractivity contribution in [3.8, 4) is 0 Å². The first kappa shape index (κ1) is 93.5. The van der Waals surface area contributed by atoms with Crippen LogP contribution in [0.4, 0.5) is 0 Å². The Hall–Kier alpha value is -3.53. The summed E-state index contributed by atoms with van der Waals surface area (Å²) in [7, 11) is 5.95. The lowest BCUT2D eigenvalue weighted by Gasteiger charge is -2.26. The minimum Gasteiger partial charge on any atom is -0.545 e. The zero-order valence-corrected chi connectivity index (χ0v) is 64.7. The second-order valence-electron chi connectivity index (χ2n) is 29.4. The number of nitrogens with zero attached hydrogens (tertiary/aromatic N) is 1. The number of likely N-dealkylation sites (N-methyl/N-ethyl adjacent to an activating group) is 1. The normalized spacial score (nSPS) is 13.0. The second-order valence-corrected chi connectivity index (χ2v) is 29.4. The fourth-order valence-corrected chi connectivity index (χ4v) is 12.3. The lowest BCUT2D eigenvalue weighted by atomic mass is 10.0. The van der Waals surface area contributed by atoms with Crippen molar-refractivity contribution < 1.29 is 42.9 Å². The number of ether oxygens (including phenoxy) is 4. The lowest BCUT2D eigenvalue weighted by Crippen LogP contribution is -2.44. The maximum absolute atomic E-state index is 13.0. The molecule has 0 rings (SSSR count). The zero-order valence-electron chi connectivity index (χ0n) is 64.7. The molecule has 0 radical (unpaired) electrons. The van der Waals surface area contributed by atoms with Gasteiger partial charge < -0.3 is 33.3 Å². The third kappa shape index (κ3) is 79.7. The Balaban J connectivity index is 3.94. The minimum absolute atomic E-state index is 0.148. The molecule has 0 saturated heterocycles. The predicted molar refractivity (Wildman–Crippen MR) is 417 cm³/mol. The van der Waals surface area contributed by atoms with Gasteiger partial charge in [-0.05, 0) is 89.9 Å². The van der Waals surface area contributed by atoms with Crippen LogP contribution < -0.4 is 5.11 Å². The van der Waals surface area contributed by atoms with Crippen LogP contribution in [0.1, 0.15) is 399 Å². The third-order valence-electron chi connectivity index (χ3n) is 18.6. The average molecular weight is 1360 g/mol. The number of quaternary nitrogens is 1. The number of carboxylic acid groups (broad SMARTS) is 1. The molecule has 0 bridgehead atoms. The molecule has 0 fully saturated rings. The van der Waals surface area contributed by atoms with Crippen LogP contribution in [-0.4, -0.2) is 82.3 Å². The summed E-state index contributed by atoms with van der Waals surface area (Å²) in [6.07, 6.45) is 104. The number of carbonyl (C=O) groups excluding carboxylic acids is 3. The molecule has 0 heterocycles. The van der Waals surface area contributed by atoms with Crippen LogP contribution in [0, 0.1) is 0 Å². The average Bonchev–Trinajstić information content (AvgIpc) is 2.39. The predicted octanol–water partition coefficient (Wildman–Crippen LogP) is 25.6. The smallest absolute Gasteiger partial charge is 0.306 e. The number of hydrogen-bond donors (Lipinski definition) is 0. The van der Waals surface area contributed by atoms with Crippen molar-refractivity contribution in [1.82, 2.24) is 0 Å². The van der Waals surface area contributed by atoms with Crippen LogP contribution in [0.15, 0.2) is 85.1 Å². The van der Waals surface area contributed by atoms with Gasteiger partial charge in [-0.3, -0.25) is 9.59 Å². The highest BCUT2D eigenvalue weighted by Gasteiger charge is 2.22. The molecular weight excluding hydrogens is 1200 g/mol. The van der Waals surface area contributed by atoms with Crippen LogP contribution in [0.2, 0.25) is 0 Å². The van der Waals surface area contributed by atoms with Crippen LogP contribution in [0.5, 0.6) is 0 Å². The van der Waals surface area contributed by atoms with Gasteiger partial charge in [0.05, 0.1) is 40.3 Å². The standard InChI is InChI=1S/C88H159NO8/c1-6-8-10-12-14-16-18-20-22-24-26-28-30-32-34-36-38-39-40-41-42-43-44-45-46-47-49-50-52-54-56-58-60-62-64-66-68-70-72-74-76-78-85(90)95-82-84(83-96-88(87(92)93)94-81-80-89(3,4)5)97-86(91)79-77-75-73-71-69-67-65-63-61-59-57-55-53-51-48-37-35-33-31-29-27-25-23-21-19-17-15-13-11-9-7-2/h9,11,15,17-18,20-21,23-24,26-27,29,33,35,84,88H,6-8,10,12-14,16,19,22,25,28,30-32,34,36-83H2,1-5H3/b11-9-,17-15-,20-18-,23-21-,26-24-,29-27-,35-33-. The van der Waals surface area contributed by atoms with E-state index in [1.165, 1.54) is 295 Å². The van der Waals surface area contributed by atoms with Gasteiger partial charge in [-0.2, -0.15) is 0 Å². The highest BCUT2D eigenvalue weighted by Crippen LogP contribution is 2.20. The molecule has 0 aliphatic heterocycles. The third-order valence-corrected chi connectivity index (χ3v) is 18.6. The van der Waals surface area contributed by atoms with E-state index in [4.69, 9.17) is 18.9 Å². The first-order valence-corrected chi connectivity index (χ1v) is 41.7. The molecule has 9 heteroatoms. The molecule has 9 nitrogen and oxygen atoms in total. The largest absolute Gasteiger partial charge is 0.545 e. The van der Waals surface area contributed by atoms with E-state index in [0.29, 0.717) is 23.9 Å². The van der Waals surface area contributed by atoms with E-state index in [-0.39, 0.29) is 32.2 Å². The Morgan fingerprint density at radius 3 is 0.876 bits per heavy atom. The van der Waals surface area contributed by atoms with Gasteiger partial charge in [0.15, 0.2) is 12.4 Å². The topological polar surface area (TPSA) is 111 Å². The number of aliphatic carboxylic acids is 1. The van der Waals surface area contributed by atoms with E-state index in [0.717, 1.165) is 70.6 Å². The molecule has 0 aliphatic carbocycles. The molecule has 0 aromatic heterocycles. The fourth-order valence-electron chi connectivity index (χ4n) is 12.3. The van der Waals surface area contributed by atoms with Crippen molar-refractivity contribution in [3.63, 3.8) is 0 Å². The lowest BCUT2D eigenvalue weighted by molar-refractivity contribution is -0.870. The highest BCUT2D eigenvalue weighted by molar-refractivity contribution is 5.70. The van der Waals surface area contributed by atoms with Crippen molar-refractivity contribution in [2.24, 2.45) is 0 Å². The van der Waals surface area contributed by atoms with Gasteiger partial charge in [-0.25, -0.2) is 0 Å². The van der Waals surface area contributed by atoms with Crippen LogP contribution in [0.3, 0.4) is 0 Å². The summed E-state index contributed by atoms with van der Waals surface area (Å²) in [5.74, 6) is -2.26. The molecule has 0 amide bonds. The first-order chi connectivity index (χ1) is 47.6.